The number of rotatable bonds is 3. The number of nitrogens with one attached hydrogen (secondary N) is 1. The second-order valence-electron chi connectivity index (χ2n) is 6.93. The highest BCUT2D eigenvalue weighted by Gasteiger charge is 2.30. The van der Waals surface area contributed by atoms with Crippen molar-refractivity contribution in [1.82, 2.24) is 0 Å². The molecule has 138 valence electrons. The SMILES string of the molecule is Cc1ccc(C(F)(F)F)cc1-c1ccc(NC(=O)C2CCCCC2)cc1. The van der Waals surface area contributed by atoms with Crippen LogP contribution in [0.25, 0.3) is 11.1 Å². The van der Waals surface area contributed by atoms with Gasteiger partial charge in [0.25, 0.3) is 0 Å². The first-order valence-corrected chi connectivity index (χ1v) is 8.94. The molecule has 26 heavy (non-hydrogen) atoms. The molecule has 0 unspecified atom stereocenters. The summed E-state index contributed by atoms with van der Waals surface area (Å²) >= 11 is 0. The number of aryl methyl sites for hydroxylation is 1. The fourth-order valence-electron chi connectivity index (χ4n) is 3.45. The average molecular weight is 361 g/mol. The molecule has 1 amide bonds. The molecule has 0 radical (unpaired) electrons. The first kappa shape index (κ1) is 18.5. The maximum atomic E-state index is 13.0. The van der Waals surface area contributed by atoms with Gasteiger partial charge in [0.15, 0.2) is 0 Å². The van der Waals surface area contributed by atoms with Crippen molar-refractivity contribution in [3.05, 3.63) is 53.6 Å². The van der Waals surface area contributed by atoms with Gasteiger partial charge in [-0.05, 0) is 60.7 Å². The topological polar surface area (TPSA) is 29.1 Å². The Morgan fingerprint density at radius 2 is 1.65 bits per heavy atom. The zero-order valence-electron chi connectivity index (χ0n) is 14.7. The zero-order chi connectivity index (χ0) is 18.7. The molecule has 2 aromatic carbocycles. The van der Waals surface area contributed by atoms with Crippen LogP contribution in [-0.2, 0) is 11.0 Å². The molecule has 0 saturated heterocycles. The van der Waals surface area contributed by atoms with Crippen LogP contribution < -0.4 is 5.32 Å². The van der Waals surface area contributed by atoms with E-state index < -0.39 is 11.7 Å². The molecule has 0 spiro atoms. The molecule has 3 rings (SSSR count). The van der Waals surface area contributed by atoms with Crippen LogP contribution in [0.15, 0.2) is 42.5 Å². The predicted molar refractivity (Wildman–Crippen MR) is 96.8 cm³/mol. The van der Waals surface area contributed by atoms with E-state index in [2.05, 4.69) is 5.32 Å². The van der Waals surface area contributed by atoms with Gasteiger partial charge in [-0.2, -0.15) is 13.2 Å². The second-order valence-corrected chi connectivity index (χ2v) is 6.93. The van der Waals surface area contributed by atoms with Gasteiger partial charge in [-0.15, -0.1) is 0 Å². The molecule has 1 N–H and O–H groups in total. The summed E-state index contributed by atoms with van der Waals surface area (Å²) in [6.07, 6.45) is 0.851. The van der Waals surface area contributed by atoms with Crippen molar-refractivity contribution in [2.24, 2.45) is 5.92 Å². The summed E-state index contributed by atoms with van der Waals surface area (Å²) in [6, 6.07) is 10.7. The second kappa shape index (κ2) is 7.52. The number of anilines is 1. The third-order valence-electron chi connectivity index (χ3n) is 5.00. The summed E-state index contributed by atoms with van der Waals surface area (Å²) in [5.74, 6) is 0.0989. The van der Waals surface area contributed by atoms with Crippen LogP contribution in [0, 0.1) is 12.8 Å². The van der Waals surface area contributed by atoms with E-state index in [0.717, 1.165) is 37.3 Å². The lowest BCUT2D eigenvalue weighted by molar-refractivity contribution is -0.137. The monoisotopic (exact) mass is 361 g/mol. The number of halogens is 3. The first-order chi connectivity index (χ1) is 12.3. The van der Waals surface area contributed by atoms with E-state index in [9.17, 15) is 18.0 Å². The summed E-state index contributed by atoms with van der Waals surface area (Å²) in [6.45, 7) is 1.79. The Morgan fingerprint density at radius 3 is 2.27 bits per heavy atom. The molecular weight excluding hydrogens is 339 g/mol. The average Bonchev–Trinajstić information content (AvgIpc) is 2.62. The molecule has 0 aromatic heterocycles. The largest absolute Gasteiger partial charge is 0.416 e. The first-order valence-electron chi connectivity index (χ1n) is 8.94. The number of carbonyl (C=O) groups excluding carboxylic acids is 1. The minimum Gasteiger partial charge on any atom is -0.326 e. The minimum absolute atomic E-state index is 0.0349. The molecule has 0 aliphatic heterocycles. The van der Waals surface area contributed by atoms with Crippen LogP contribution in [0.4, 0.5) is 18.9 Å². The number of benzene rings is 2. The minimum atomic E-state index is -4.36. The van der Waals surface area contributed by atoms with Crippen LogP contribution in [0.1, 0.15) is 43.2 Å². The summed E-state index contributed by atoms with van der Waals surface area (Å²) in [5, 5.41) is 2.92. The Kier molecular flexibility index (Phi) is 5.35. The van der Waals surface area contributed by atoms with Gasteiger partial charge in [0.2, 0.25) is 5.91 Å². The van der Waals surface area contributed by atoms with E-state index in [1.54, 1.807) is 31.2 Å². The zero-order valence-corrected chi connectivity index (χ0v) is 14.7. The lowest BCUT2D eigenvalue weighted by Gasteiger charge is -2.20. The van der Waals surface area contributed by atoms with E-state index in [0.29, 0.717) is 16.8 Å². The van der Waals surface area contributed by atoms with Crippen LogP contribution in [0.2, 0.25) is 0 Å². The lowest BCUT2D eigenvalue weighted by atomic mass is 9.88. The molecule has 1 saturated carbocycles. The number of hydrogen-bond donors (Lipinski definition) is 1. The van der Waals surface area contributed by atoms with Crippen molar-refractivity contribution < 1.29 is 18.0 Å². The van der Waals surface area contributed by atoms with Crippen molar-refractivity contribution >= 4 is 11.6 Å². The van der Waals surface area contributed by atoms with Crippen LogP contribution >= 0.6 is 0 Å². The summed E-state index contributed by atoms with van der Waals surface area (Å²) < 4.78 is 38.9. The summed E-state index contributed by atoms with van der Waals surface area (Å²) in [7, 11) is 0. The standard InChI is InChI=1S/C21H22F3NO/c1-14-7-10-17(21(22,23)24)13-19(14)15-8-11-18(12-9-15)25-20(26)16-5-3-2-4-6-16/h7-13,16H,2-6H2,1H3,(H,25,26). The van der Waals surface area contributed by atoms with Gasteiger partial charge in [0, 0.05) is 11.6 Å². The maximum Gasteiger partial charge on any atom is 0.416 e. The number of alkyl halides is 3. The Labute approximate surface area is 151 Å². The van der Waals surface area contributed by atoms with E-state index in [1.807, 2.05) is 0 Å². The van der Waals surface area contributed by atoms with Crippen LogP contribution in [0.3, 0.4) is 0 Å². The molecule has 0 atom stereocenters. The van der Waals surface area contributed by atoms with Crippen molar-refractivity contribution in [2.45, 2.75) is 45.2 Å². The van der Waals surface area contributed by atoms with Crippen molar-refractivity contribution in [3.63, 3.8) is 0 Å². The Morgan fingerprint density at radius 1 is 1.00 bits per heavy atom. The predicted octanol–water partition coefficient (Wildman–Crippen LogP) is 6.20. The summed E-state index contributed by atoms with van der Waals surface area (Å²) in [5.41, 5.74) is 2.04. The van der Waals surface area contributed by atoms with Gasteiger partial charge in [-0.1, -0.05) is 37.5 Å². The molecule has 5 heteroatoms. The highest BCUT2D eigenvalue weighted by molar-refractivity contribution is 5.92. The van der Waals surface area contributed by atoms with Crippen molar-refractivity contribution in [1.29, 1.82) is 0 Å². The van der Waals surface area contributed by atoms with Crippen LogP contribution in [-0.4, -0.2) is 5.91 Å². The van der Waals surface area contributed by atoms with Gasteiger partial charge in [0.1, 0.15) is 0 Å². The quantitative estimate of drug-likeness (QED) is 0.693. The third-order valence-corrected chi connectivity index (χ3v) is 5.00. The summed E-state index contributed by atoms with van der Waals surface area (Å²) in [4.78, 5) is 12.3. The molecule has 2 aromatic rings. The number of amides is 1. The fraction of sp³-hybridized carbons (Fsp3) is 0.381. The van der Waals surface area contributed by atoms with E-state index in [4.69, 9.17) is 0 Å². The smallest absolute Gasteiger partial charge is 0.326 e. The van der Waals surface area contributed by atoms with Gasteiger partial charge in [0.05, 0.1) is 5.56 Å². The number of hydrogen-bond acceptors (Lipinski definition) is 1. The molecular formula is C21H22F3NO. The van der Waals surface area contributed by atoms with Gasteiger partial charge < -0.3 is 5.32 Å². The Balaban J connectivity index is 1.76. The highest BCUT2D eigenvalue weighted by Crippen LogP contribution is 2.34. The normalized spacial score (nSPS) is 15.7. The third kappa shape index (κ3) is 4.26. The Hall–Kier alpha value is -2.30. The molecule has 1 aliphatic rings. The van der Waals surface area contributed by atoms with E-state index >= 15 is 0 Å². The Bertz CT molecular complexity index is 775. The van der Waals surface area contributed by atoms with Crippen molar-refractivity contribution in [3.8, 4) is 11.1 Å². The fourth-order valence-corrected chi connectivity index (χ4v) is 3.45. The highest BCUT2D eigenvalue weighted by atomic mass is 19.4. The van der Waals surface area contributed by atoms with E-state index in [1.165, 1.54) is 18.6 Å². The molecule has 0 heterocycles. The molecule has 2 nitrogen and oxygen atoms in total. The van der Waals surface area contributed by atoms with Gasteiger partial charge in [-0.25, -0.2) is 0 Å². The van der Waals surface area contributed by atoms with E-state index in [-0.39, 0.29) is 11.8 Å². The lowest BCUT2D eigenvalue weighted by Crippen LogP contribution is -2.24. The van der Waals surface area contributed by atoms with Crippen molar-refractivity contribution in [2.75, 3.05) is 5.32 Å². The molecule has 1 fully saturated rings. The maximum absolute atomic E-state index is 13.0. The van der Waals surface area contributed by atoms with Gasteiger partial charge in [-0.3, -0.25) is 4.79 Å². The van der Waals surface area contributed by atoms with Crippen LogP contribution in [0.5, 0.6) is 0 Å². The number of carbonyl (C=O) groups is 1. The molecule has 1 aliphatic carbocycles. The van der Waals surface area contributed by atoms with Gasteiger partial charge >= 0.3 is 6.18 Å². The molecule has 0 bridgehead atoms.